The topological polar surface area (TPSA) is 78.9 Å². The summed E-state index contributed by atoms with van der Waals surface area (Å²) in [7, 11) is 0. The molecule has 0 N–H and O–H groups in total. The molecule has 0 aliphatic heterocycles. The Morgan fingerprint density at radius 2 is 0.514 bits per heavy atom. The van der Waals surface area contributed by atoms with Crippen molar-refractivity contribution < 1.29 is 28.6 Å². The van der Waals surface area contributed by atoms with Crippen molar-refractivity contribution in [1.82, 2.24) is 0 Å². The van der Waals surface area contributed by atoms with Crippen LogP contribution in [0, 0.1) is 0 Å². The van der Waals surface area contributed by atoms with Gasteiger partial charge in [0.25, 0.3) is 0 Å². The zero-order valence-electron chi connectivity index (χ0n) is 45.8. The van der Waals surface area contributed by atoms with Gasteiger partial charge in [-0.3, -0.25) is 14.4 Å². The van der Waals surface area contributed by atoms with Crippen LogP contribution in [0.3, 0.4) is 0 Å². The number of unbranched alkanes of at least 4 members (excludes halogenated alkanes) is 25. The molecule has 0 heterocycles. The van der Waals surface area contributed by atoms with Gasteiger partial charge >= 0.3 is 17.9 Å². The number of carbonyl (C=O) groups is 3. The summed E-state index contributed by atoms with van der Waals surface area (Å²) < 4.78 is 16.8. The van der Waals surface area contributed by atoms with Crippen molar-refractivity contribution in [2.75, 3.05) is 13.2 Å². The number of ether oxygens (including phenoxy) is 3. The summed E-state index contributed by atoms with van der Waals surface area (Å²) in [5.74, 6) is -0.958. The van der Waals surface area contributed by atoms with Crippen LogP contribution >= 0.6 is 0 Å². The van der Waals surface area contributed by atoms with Crippen molar-refractivity contribution in [3.05, 3.63) is 97.2 Å². The predicted molar refractivity (Wildman–Crippen MR) is 302 cm³/mol. The van der Waals surface area contributed by atoms with Gasteiger partial charge in [0.15, 0.2) is 6.10 Å². The molecule has 1 atom stereocenters. The van der Waals surface area contributed by atoms with Crippen LogP contribution in [0.4, 0.5) is 0 Å². The van der Waals surface area contributed by atoms with Gasteiger partial charge in [-0.15, -0.1) is 0 Å². The maximum absolute atomic E-state index is 12.9. The summed E-state index contributed by atoms with van der Waals surface area (Å²) in [5, 5.41) is 0. The molecule has 0 saturated heterocycles. The molecule has 0 aliphatic carbocycles. The number of carbonyl (C=O) groups excluding carboxylic acids is 3. The average molecular weight is 974 g/mol. The van der Waals surface area contributed by atoms with E-state index in [-0.39, 0.29) is 37.5 Å². The molecule has 0 amide bonds. The molecule has 0 fully saturated rings. The molecular weight excluding hydrogens is 865 g/mol. The fourth-order valence-corrected chi connectivity index (χ4v) is 7.88. The zero-order valence-corrected chi connectivity index (χ0v) is 45.8. The molecule has 0 aromatic carbocycles. The predicted octanol–water partition coefficient (Wildman–Crippen LogP) is 19.7. The van der Waals surface area contributed by atoms with Crippen molar-refractivity contribution in [1.29, 1.82) is 0 Å². The van der Waals surface area contributed by atoms with Crippen molar-refractivity contribution in [2.45, 2.75) is 277 Å². The Bertz CT molecular complexity index is 1400. The lowest BCUT2D eigenvalue weighted by molar-refractivity contribution is -0.167. The van der Waals surface area contributed by atoms with Crippen LogP contribution in [0.5, 0.6) is 0 Å². The molecule has 0 spiro atoms. The molecule has 70 heavy (non-hydrogen) atoms. The highest BCUT2D eigenvalue weighted by atomic mass is 16.6. The summed E-state index contributed by atoms with van der Waals surface area (Å²) >= 11 is 0. The molecule has 0 aliphatic rings. The number of esters is 3. The fourth-order valence-electron chi connectivity index (χ4n) is 7.88. The third-order valence-corrected chi connectivity index (χ3v) is 12.3. The second-order valence-corrected chi connectivity index (χ2v) is 19.2. The highest BCUT2D eigenvalue weighted by Gasteiger charge is 2.19. The Morgan fingerprint density at radius 3 is 0.829 bits per heavy atom. The molecule has 6 nitrogen and oxygen atoms in total. The summed E-state index contributed by atoms with van der Waals surface area (Å²) in [6, 6.07) is 0. The van der Waals surface area contributed by atoms with E-state index in [4.69, 9.17) is 14.2 Å². The van der Waals surface area contributed by atoms with E-state index in [1.165, 1.54) is 122 Å². The smallest absolute Gasteiger partial charge is 0.306 e. The number of hydrogen-bond donors (Lipinski definition) is 0. The first-order valence-electron chi connectivity index (χ1n) is 29.2. The largest absolute Gasteiger partial charge is 0.462 e. The maximum atomic E-state index is 12.9. The summed E-state index contributed by atoms with van der Waals surface area (Å²) in [6.07, 6.45) is 76.8. The van der Waals surface area contributed by atoms with Gasteiger partial charge in [0.05, 0.1) is 0 Å². The van der Waals surface area contributed by atoms with E-state index in [1.807, 2.05) is 0 Å². The molecule has 0 saturated carbocycles. The van der Waals surface area contributed by atoms with Crippen molar-refractivity contribution >= 4 is 17.9 Å². The Balaban J connectivity index is 4.51. The van der Waals surface area contributed by atoms with Gasteiger partial charge in [0.1, 0.15) is 13.2 Å². The SMILES string of the molecule is CCCCC/C=C\C/C=C\C/C=C\C/C=C\CCCCCC(=O)OC[C@@H](COC(=O)CCCCCCCCCCCCCCCC)OC(=O)CCCCC/C=C\C/C=C\C/C=C\C/C=C\CCCCC. The second-order valence-electron chi connectivity index (χ2n) is 19.2. The van der Waals surface area contributed by atoms with Crippen LogP contribution in [0.15, 0.2) is 97.2 Å². The van der Waals surface area contributed by atoms with Gasteiger partial charge in [-0.1, -0.05) is 240 Å². The van der Waals surface area contributed by atoms with Gasteiger partial charge in [-0.05, 0) is 109 Å². The van der Waals surface area contributed by atoms with Gasteiger partial charge in [0, 0.05) is 19.3 Å². The first-order valence-corrected chi connectivity index (χ1v) is 29.2. The van der Waals surface area contributed by atoms with E-state index in [2.05, 4.69) is 118 Å². The lowest BCUT2D eigenvalue weighted by Crippen LogP contribution is -2.30. The molecule has 0 unspecified atom stereocenters. The van der Waals surface area contributed by atoms with E-state index in [1.54, 1.807) is 0 Å². The highest BCUT2D eigenvalue weighted by molar-refractivity contribution is 5.71. The first kappa shape index (κ1) is 66.3. The number of hydrogen-bond acceptors (Lipinski definition) is 6. The Hall–Kier alpha value is -3.67. The van der Waals surface area contributed by atoms with Crippen LogP contribution in [0.1, 0.15) is 271 Å². The van der Waals surface area contributed by atoms with E-state index in [0.29, 0.717) is 12.8 Å². The second kappa shape index (κ2) is 57.9. The minimum Gasteiger partial charge on any atom is -0.462 e. The Kier molecular flexibility index (Phi) is 54.9. The summed E-state index contributed by atoms with van der Waals surface area (Å²) in [6.45, 7) is 6.54. The molecule has 0 rings (SSSR count). The van der Waals surface area contributed by atoms with Gasteiger partial charge in [-0.25, -0.2) is 0 Å². The lowest BCUT2D eigenvalue weighted by Gasteiger charge is -2.18. The van der Waals surface area contributed by atoms with Gasteiger partial charge < -0.3 is 14.2 Å². The molecular formula is C64H108O6. The van der Waals surface area contributed by atoms with E-state index in [9.17, 15) is 14.4 Å². The van der Waals surface area contributed by atoms with E-state index < -0.39 is 6.10 Å². The normalized spacial score (nSPS) is 12.8. The minimum atomic E-state index is -0.808. The lowest BCUT2D eigenvalue weighted by atomic mass is 10.0. The minimum absolute atomic E-state index is 0.0996. The maximum Gasteiger partial charge on any atom is 0.306 e. The van der Waals surface area contributed by atoms with Crippen molar-refractivity contribution in [3.8, 4) is 0 Å². The Labute approximate surface area is 432 Å². The molecule has 0 aromatic heterocycles. The standard InChI is InChI=1S/C64H108O6/c1-4-7-10-13-16-19-22-25-28-30-32-34-36-39-42-45-48-51-54-57-63(66)69-60-61(59-68-62(65)56-53-50-47-44-41-38-27-24-21-18-15-12-9-6-3)70-64(67)58-55-52-49-46-43-40-37-35-33-31-29-26-23-20-17-14-11-8-5-2/h16-17,19-20,25-26,28-29,32-35,39-40,42-43,61H,4-15,18,21-24,27,30-31,36-38,41,44-60H2,1-3H3/b19-16-,20-17-,28-25-,29-26-,34-32-,35-33-,42-39-,43-40-/t61-/m1/s1. The molecule has 400 valence electrons. The third kappa shape index (κ3) is 55.3. The zero-order chi connectivity index (χ0) is 50.7. The molecule has 0 aromatic rings. The van der Waals surface area contributed by atoms with Crippen LogP contribution < -0.4 is 0 Å². The van der Waals surface area contributed by atoms with Gasteiger partial charge in [0.2, 0.25) is 0 Å². The van der Waals surface area contributed by atoms with Crippen LogP contribution in [0.2, 0.25) is 0 Å². The van der Waals surface area contributed by atoms with E-state index in [0.717, 1.165) is 109 Å². The molecule has 0 radical (unpaired) electrons. The average Bonchev–Trinajstić information content (AvgIpc) is 3.36. The molecule has 6 heteroatoms. The van der Waals surface area contributed by atoms with Crippen molar-refractivity contribution in [2.24, 2.45) is 0 Å². The van der Waals surface area contributed by atoms with Crippen molar-refractivity contribution in [3.63, 3.8) is 0 Å². The quantitative estimate of drug-likeness (QED) is 0.0262. The number of rotatable bonds is 52. The summed E-state index contributed by atoms with van der Waals surface area (Å²) in [5.41, 5.74) is 0. The van der Waals surface area contributed by atoms with Crippen LogP contribution in [-0.2, 0) is 28.6 Å². The first-order chi connectivity index (χ1) is 34.5. The monoisotopic (exact) mass is 973 g/mol. The molecule has 0 bridgehead atoms. The fraction of sp³-hybridized carbons (Fsp3) is 0.703. The van der Waals surface area contributed by atoms with Crippen LogP contribution in [0.25, 0.3) is 0 Å². The Morgan fingerprint density at radius 1 is 0.286 bits per heavy atom. The third-order valence-electron chi connectivity index (χ3n) is 12.3. The van der Waals surface area contributed by atoms with Gasteiger partial charge in [-0.2, -0.15) is 0 Å². The summed E-state index contributed by atoms with van der Waals surface area (Å²) in [4.78, 5) is 38.2. The van der Waals surface area contributed by atoms with E-state index >= 15 is 0 Å². The van der Waals surface area contributed by atoms with Crippen LogP contribution in [-0.4, -0.2) is 37.2 Å². The highest BCUT2D eigenvalue weighted by Crippen LogP contribution is 2.15. The number of allylic oxidation sites excluding steroid dienone is 16.